The van der Waals surface area contributed by atoms with Crippen molar-refractivity contribution in [2.75, 3.05) is 6.54 Å². The molecule has 1 N–H and O–H groups in total. The van der Waals surface area contributed by atoms with E-state index in [0.29, 0.717) is 17.4 Å². The molecule has 0 bridgehead atoms. The van der Waals surface area contributed by atoms with Crippen molar-refractivity contribution in [2.45, 2.75) is 19.3 Å². The molecule has 6 nitrogen and oxygen atoms in total. The number of nitrogens with one attached hydrogen (secondary N) is 1. The number of carbonyl (C=O) groups excluding carboxylic acids is 1. The highest BCUT2D eigenvalue weighted by molar-refractivity contribution is 5.90. The van der Waals surface area contributed by atoms with Crippen LogP contribution in [-0.2, 0) is 11.2 Å². The van der Waals surface area contributed by atoms with E-state index in [0.717, 1.165) is 19.3 Å². The molecule has 0 fully saturated rings. The van der Waals surface area contributed by atoms with E-state index in [2.05, 4.69) is 15.3 Å². The number of fused-ring (bicyclic) bond motifs is 1. The lowest BCUT2D eigenvalue weighted by molar-refractivity contribution is -0.116. The van der Waals surface area contributed by atoms with Crippen molar-refractivity contribution in [3.8, 4) is 0 Å². The molecule has 0 atom stereocenters. The lowest BCUT2D eigenvalue weighted by Gasteiger charge is -2.03. The zero-order valence-electron chi connectivity index (χ0n) is 14.3. The molecule has 2 heterocycles. The molecule has 3 rings (SSSR count). The van der Waals surface area contributed by atoms with Crippen LogP contribution in [0.2, 0.25) is 0 Å². The van der Waals surface area contributed by atoms with Crippen LogP contribution in [0.4, 0.5) is 0 Å². The van der Waals surface area contributed by atoms with Gasteiger partial charge in [-0.25, -0.2) is 4.98 Å². The molecular weight excluding hydrogens is 328 g/mol. The van der Waals surface area contributed by atoms with Gasteiger partial charge in [-0.1, -0.05) is 18.2 Å². The second-order valence-electron chi connectivity index (χ2n) is 5.90. The van der Waals surface area contributed by atoms with Crippen molar-refractivity contribution in [3.63, 3.8) is 0 Å². The fourth-order valence-electron chi connectivity index (χ4n) is 2.61. The Morgan fingerprint density at radius 1 is 1.15 bits per heavy atom. The lowest BCUT2D eigenvalue weighted by atomic mass is 10.1. The van der Waals surface area contributed by atoms with Gasteiger partial charge in [0.25, 0.3) is 5.56 Å². The second kappa shape index (κ2) is 8.71. The molecule has 3 aromatic rings. The molecule has 2 aromatic heterocycles. The summed E-state index contributed by atoms with van der Waals surface area (Å²) >= 11 is 0. The average molecular weight is 348 g/mol. The van der Waals surface area contributed by atoms with Gasteiger partial charge >= 0.3 is 0 Å². The van der Waals surface area contributed by atoms with E-state index >= 15 is 0 Å². The Labute approximate surface area is 151 Å². The monoisotopic (exact) mass is 348 g/mol. The van der Waals surface area contributed by atoms with Gasteiger partial charge in [0.05, 0.1) is 10.9 Å². The van der Waals surface area contributed by atoms with E-state index < -0.39 is 0 Å². The molecule has 0 spiro atoms. The zero-order chi connectivity index (χ0) is 18.2. The van der Waals surface area contributed by atoms with Gasteiger partial charge in [-0.15, -0.1) is 0 Å². The molecule has 1 amide bonds. The highest BCUT2D eigenvalue weighted by atomic mass is 16.1. The maximum absolute atomic E-state index is 12.3. The number of aryl methyl sites for hydroxylation is 1. The van der Waals surface area contributed by atoms with E-state index in [1.165, 1.54) is 28.7 Å². The molecule has 6 heteroatoms. The number of benzene rings is 1. The molecular formula is C20H20N4O2. The second-order valence-corrected chi connectivity index (χ2v) is 5.90. The third-order valence-corrected chi connectivity index (χ3v) is 3.99. The molecule has 0 aliphatic heterocycles. The fraction of sp³-hybridized carbons (Fsp3) is 0.200. The first-order valence-corrected chi connectivity index (χ1v) is 8.55. The Balaban J connectivity index is 1.47. The van der Waals surface area contributed by atoms with Gasteiger partial charge in [-0.2, -0.15) is 0 Å². The highest BCUT2D eigenvalue weighted by Gasteiger charge is 2.01. The molecule has 0 saturated carbocycles. The van der Waals surface area contributed by atoms with Gasteiger partial charge in [0.2, 0.25) is 5.91 Å². The number of unbranched alkanes of at least 4 members (excludes halogenated alkanes) is 1. The van der Waals surface area contributed by atoms with Gasteiger partial charge < -0.3 is 5.32 Å². The molecule has 0 aliphatic rings. The van der Waals surface area contributed by atoms with Gasteiger partial charge in [0, 0.05) is 31.2 Å². The summed E-state index contributed by atoms with van der Waals surface area (Å²) < 4.78 is 1.31. The molecule has 0 radical (unpaired) electrons. The predicted octanol–water partition coefficient (Wildman–Crippen LogP) is 2.40. The van der Waals surface area contributed by atoms with Crippen molar-refractivity contribution in [3.05, 3.63) is 77.1 Å². The minimum Gasteiger partial charge on any atom is -0.353 e. The minimum absolute atomic E-state index is 0.198. The van der Waals surface area contributed by atoms with Crippen LogP contribution < -0.4 is 10.9 Å². The van der Waals surface area contributed by atoms with Crippen LogP contribution in [0.1, 0.15) is 18.4 Å². The van der Waals surface area contributed by atoms with E-state index in [1.807, 2.05) is 24.4 Å². The van der Waals surface area contributed by atoms with Crippen LogP contribution in [0.15, 0.2) is 66.0 Å². The van der Waals surface area contributed by atoms with Crippen LogP contribution in [0, 0.1) is 0 Å². The fourth-order valence-corrected chi connectivity index (χ4v) is 2.61. The van der Waals surface area contributed by atoms with Crippen molar-refractivity contribution in [2.24, 2.45) is 0 Å². The third kappa shape index (κ3) is 4.63. The largest absolute Gasteiger partial charge is 0.353 e. The zero-order valence-corrected chi connectivity index (χ0v) is 14.3. The summed E-state index contributed by atoms with van der Waals surface area (Å²) in [5.74, 6) is -0.230. The summed E-state index contributed by atoms with van der Waals surface area (Å²) in [6, 6.07) is 11.1. The number of hydrogen-bond donors (Lipinski definition) is 1. The highest BCUT2D eigenvalue weighted by Crippen LogP contribution is 2.04. The molecule has 0 aliphatic carbocycles. The smallest absolute Gasteiger partial charge is 0.265 e. The summed E-state index contributed by atoms with van der Waals surface area (Å²) in [5, 5.41) is 3.34. The molecule has 1 aromatic carbocycles. The van der Waals surface area contributed by atoms with Crippen LogP contribution in [0.5, 0.6) is 0 Å². The first kappa shape index (κ1) is 17.5. The van der Waals surface area contributed by atoms with Gasteiger partial charge in [-0.05, 0) is 43.0 Å². The molecule has 0 saturated heterocycles. The van der Waals surface area contributed by atoms with Crippen molar-refractivity contribution in [1.29, 1.82) is 0 Å². The maximum atomic E-state index is 12.3. The number of rotatable bonds is 7. The predicted molar refractivity (Wildman–Crippen MR) is 102 cm³/mol. The van der Waals surface area contributed by atoms with Crippen molar-refractivity contribution < 1.29 is 4.79 Å². The normalized spacial score (nSPS) is 11.1. The summed E-state index contributed by atoms with van der Waals surface area (Å²) in [7, 11) is 0. The summed E-state index contributed by atoms with van der Waals surface area (Å²) in [6.07, 6.45) is 10.6. The summed E-state index contributed by atoms with van der Waals surface area (Å²) in [5.41, 5.74) is 1.64. The van der Waals surface area contributed by atoms with Crippen LogP contribution in [-0.4, -0.2) is 27.0 Å². The van der Waals surface area contributed by atoms with E-state index in [4.69, 9.17) is 0 Å². The van der Waals surface area contributed by atoms with Crippen molar-refractivity contribution >= 4 is 23.0 Å². The number of amides is 1. The quantitative estimate of drug-likeness (QED) is 0.525. The topological polar surface area (TPSA) is 76.9 Å². The third-order valence-electron chi connectivity index (χ3n) is 3.99. The van der Waals surface area contributed by atoms with Crippen molar-refractivity contribution in [1.82, 2.24) is 19.9 Å². The van der Waals surface area contributed by atoms with E-state index in [-0.39, 0.29) is 11.5 Å². The number of aromatic nitrogens is 3. The van der Waals surface area contributed by atoms with Gasteiger partial charge in [0.15, 0.2) is 0 Å². The first-order chi connectivity index (χ1) is 12.7. The average Bonchev–Trinajstić information content (AvgIpc) is 2.68. The standard InChI is InChI=1S/C20H20N4O2/c25-19(22-12-4-3-6-16-7-5-11-21-14-16)10-13-24-15-23-18-9-2-1-8-17(18)20(24)26/h1-2,5,7-11,13-15H,3-4,6,12H2,(H,22,25)/b13-10+. The summed E-state index contributed by atoms with van der Waals surface area (Å²) in [6.45, 7) is 0.592. The molecule has 26 heavy (non-hydrogen) atoms. The number of carbonyl (C=O) groups is 1. The first-order valence-electron chi connectivity index (χ1n) is 8.55. The Bertz CT molecular complexity index is 964. The lowest BCUT2D eigenvalue weighted by Crippen LogP contribution is -2.23. The van der Waals surface area contributed by atoms with Crippen LogP contribution >= 0.6 is 0 Å². The Kier molecular flexibility index (Phi) is 5.88. The van der Waals surface area contributed by atoms with Crippen LogP contribution in [0.3, 0.4) is 0 Å². The number of nitrogens with zero attached hydrogens (tertiary/aromatic N) is 3. The molecule has 0 unspecified atom stereocenters. The van der Waals surface area contributed by atoms with Crippen LogP contribution in [0.25, 0.3) is 17.1 Å². The minimum atomic E-state index is -0.230. The number of para-hydroxylation sites is 1. The van der Waals surface area contributed by atoms with E-state index in [1.54, 1.807) is 24.4 Å². The number of pyridine rings is 1. The van der Waals surface area contributed by atoms with Gasteiger partial charge in [0.1, 0.15) is 6.33 Å². The number of hydrogen-bond acceptors (Lipinski definition) is 4. The Morgan fingerprint density at radius 3 is 2.88 bits per heavy atom. The Morgan fingerprint density at radius 2 is 2.04 bits per heavy atom. The van der Waals surface area contributed by atoms with Gasteiger partial charge in [-0.3, -0.25) is 19.1 Å². The maximum Gasteiger partial charge on any atom is 0.265 e. The Hall–Kier alpha value is -3.28. The summed E-state index contributed by atoms with van der Waals surface area (Å²) in [4.78, 5) is 32.5. The SMILES string of the molecule is O=C(/C=C/n1cnc2ccccc2c1=O)NCCCCc1cccnc1. The molecule has 132 valence electrons. The van der Waals surface area contributed by atoms with E-state index in [9.17, 15) is 9.59 Å².